The molecule has 100 valence electrons. The molecule has 6 nitrogen and oxygen atoms in total. The van der Waals surface area contributed by atoms with Crippen LogP contribution in [-0.2, 0) is 16.0 Å². The van der Waals surface area contributed by atoms with Gasteiger partial charge in [-0.1, -0.05) is 12.1 Å². The highest BCUT2D eigenvalue weighted by Gasteiger charge is 2.24. The van der Waals surface area contributed by atoms with Crippen molar-refractivity contribution >= 4 is 17.6 Å². The van der Waals surface area contributed by atoms with Crippen LogP contribution in [0.25, 0.3) is 0 Å². The molecule has 1 aliphatic heterocycles. The molecule has 0 aliphatic carbocycles. The van der Waals surface area contributed by atoms with Crippen LogP contribution in [0.4, 0.5) is 4.39 Å². The number of carbonyl (C=O) groups is 2. The summed E-state index contributed by atoms with van der Waals surface area (Å²) in [7, 11) is 0. The van der Waals surface area contributed by atoms with Gasteiger partial charge in [0.1, 0.15) is 17.7 Å². The Morgan fingerprint density at radius 3 is 2.63 bits per heavy atom. The Morgan fingerprint density at radius 1 is 1.32 bits per heavy atom. The van der Waals surface area contributed by atoms with Crippen molar-refractivity contribution in [2.24, 2.45) is 10.7 Å². The van der Waals surface area contributed by atoms with Gasteiger partial charge in [0.15, 0.2) is 0 Å². The highest BCUT2D eigenvalue weighted by molar-refractivity contribution is 5.96. The summed E-state index contributed by atoms with van der Waals surface area (Å²) in [4.78, 5) is 26.4. The molecule has 1 heterocycles. The molecule has 0 radical (unpaired) electrons. The summed E-state index contributed by atoms with van der Waals surface area (Å²) >= 11 is 0. The normalized spacial score (nSPS) is 18.3. The zero-order valence-electron chi connectivity index (χ0n) is 10.0. The fourth-order valence-electron chi connectivity index (χ4n) is 1.71. The van der Waals surface area contributed by atoms with E-state index in [4.69, 9.17) is 5.73 Å². The van der Waals surface area contributed by atoms with Crippen LogP contribution in [0.3, 0.4) is 0 Å². The van der Waals surface area contributed by atoms with E-state index in [-0.39, 0.29) is 12.2 Å². The smallest absolute Gasteiger partial charge is 0.263 e. The molecule has 1 aromatic rings. The van der Waals surface area contributed by atoms with E-state index in [2.05, 4.69) is 15.8 Å². The Kier molecular flexibility index (Phi) is 3.74. The molecule has 1 aliphatic rings. The Bertz CT molecular complexity index is 527. The zero-order chi connectivity index (χ0) is 13.8. The monoisotopic (exact) mass is 264 g/mol. The molecule has 0 bridgehead atoms. The fourth-order valence-corrected chi connectivity index (χ4v) is 1.71. The number of amidine groups is 1. The van der Waals surface area contributed by atoms with Crippen LogP contribution in [0.1, 0.15) is 12.0 Å². The maximum Gasteiger partial charge on any atom is 0.263 e. The van der Waals surface area contributed by atoms with Gasteiger partial charge < -0.3 is 5.73 Å². The fraction of sp³-hybridized carbons (Fsp3) is 0.250. The number of rotatable bonds is 4. The van der Waals surface area contributed by atoms with Crippen LogP contribution >= 0.6 is 0 Å². The molecule has 0 saturated carbocycles. The molecule has 4 N–H and O–H groups in total. The first-order valence-electron chi connectivity index (χ1n) is 5.70. The predicted molar refractivity (Wildman–Crippen MR) is 66.4 cm³/mol. The maximum atomic E-state index is 12.8. The van der Waals surface area contributed by atoms with Crippen molar-refractivity contribution in [2.75, 3.05) is 0 Å². The Hall–Kier alpha value is -2.44. The molecule has 1 unspecified atom stereocenters. The largest absolute Gasteiger partial charge is 0.370 e. The zero-order valence-corrected chi connectivity index (χ0v) is 10.0. The van der Waals surface area contributed by atoms with E-state index < -0.39 is 17.9 Å². The summed E-state index contributed by atoms with van der Waals surface area (Å²) in [6.45, 7) is 0. The quantitative estimate of drug-likeness (QED) is 0.693. The molecule has 19 heavy (non-hydrogen) atoms. The second-order valence-electron chi connectivity index (χ2n) is 4.18. The maximum absolute atomic E-state index is 12.8. The van der Waals surface area contributed by atoms with E-state index in [1.54, 1.807) is 12.1 Å². The van der Waals surface area contributed by atoms with Gasteiger partial charge in [-0.3, -0.25) is 25.4 Å². The number of nitrogens with zero attached hydrogens (tertiary/aromatic N) is 1. The van der Waals surface area contributed by atoms with Crippen molar-refractivity contribution in [1.29, 1.82) is 0 Å². The molecule has 2 amide bonds. The van der Waals surface area contributed by atoms with Crippen molar-refractivity contribution in [1.82, 2.24) is 10.9 Å². The van der Waals surface area contributed by atoms with E-state index in [1.807, 2.05) is 0 Å². The number of nitrogens with one attached hydrogen (secondary N) is 2. The van der Waals surface area contributed by atoms with Gasteiger partial charge in [-0.2, -0.15) is 0 Å². The summed E-state index contributed by atoms with van der Waals surface area (Å²) in [5.74, 6) is -0.812. The number of carbonyl (C=O) groups excluding carboxylic acids is 2. The number of hydrogen-bond donors (Lipinski definition) is 3. The highest BCUT2D eigenvalue weighted by atomic mass is 19.1. The lowest BCUT2D eigenvalue weighted by Gasteiger charge is -2.21. The average molecular weight is 264 g/mol. The summed E-state index contributed by atoms with van der Waals surface area (Å²) in [5.41, 5.74) is 10.9. The van der Waals surface area contributed by atoms with Crippen LogP contribution in [0.2, 0.25) is 0 Å². The van der Waals surface area contributed by atoms with Gasteiger partial charge in [-0.25, -0.2) is 4.39 Å². The summed E-state index contributed by atoms with van der Waals surface area (Å²) in [5, 5.41) is 0. The predicted octanol–water partition coefficient (Wildman–Crippen LogP) is -0.355. The van der Waals surface area contributed by atoms with E-state index in [1.165, 1.54) is 12.1 Å². The molecular formula is C12H13FN4O2. The van der Waals surface area contributed by atoms with Crippen LogP contribution in [0.15, 0.2) is 29.3 Å². The van der Waals surface area contributed by atoms with Crippen LogP contribution in [0.5, 0.6) is 0 Å². The van der Waals surface area contributed by atoms with Crippen LogP contribution in [-0.4, -0.2) is 23.7 Å². The number of nitrogens with two attached hydrogens (primary N) is 1. The van der Waals surface area contributed by atoms with Gasteiger partial charge in [0.05, 0.1) is 6.42 Å². The van der Waals surface area contributed by atoms with E-state index >= 15 is 0 Å². The first kappa shape index (κ1) is 13.0. The van der Waals surface area contributed by atoms with Crippen molar-refractivity contribution in [3.05, 3.63) is 35.6 Å². The van der Waals surface area contributed by atoms with Gasteiger partial charge in [-0.15, -0.1) is 0 Å². The Morgan fingerprint density at radius 2 is 2.00 bits per heavy atom. The number of amides is 2. The molecular weight excluding hydrogens is 251 g/mol. The molecule has 2 rings (SSSR count). The Labute approximate surface area is 108 Å². The van der Waals surface area contributed by atoms with Gasteiger partial charge in [0.25, 0.3) is 5.91 Å². The number of halogens is 1. The van der Waals surface area contributed by atoms with Crippen molar-refractivity contribution < 1.29 is 14.0 Å². The molecule has 0 aromatic heterocycles. The lowest BCUT2D eigenvalue weighted by Crippen LogP contribution is -2.52. The minimum absolute atomic E-state index is 0.138. The van der Waals surface area contributed by atoms with Crippen molar-refractivity contribution in [3.8, 4) is 0 Å². The van der Waals surface area contributed by atoms with Gasteiger partial charge >= 0.3 is 0 Å². The summed E-state index contributed by atoms with van der Waals surface area (Å²) in [6.07, 6.45) is 0.260. The van der Waals surface area contributed by atoms with E-state index in [0.717, 1.165) is 5.56 Å². The minimum Gasteiger partial charge on any atom is -0.370 e. The molecule has 0 saturated heterocycles. The van der Waals surface area contributed by atoms with E-state index in [9.17, 15) is 14.0 Å². The van der Waals surface area contributed by atoms with Crippen molar-refractivity contribution in [2.45, 2.75) is 18.9 Å². The standard InChI is InChI=1S/C12H13FN4O2/c13-8-3-1-7(2-4-8)5-11-15-9(6-10(14)18)12(19)17-16-11/h1-4,9H,5-6H2,(H2,14,18)(H,15,16)(H,17,19). The third-order valence-electron chi connectivity index (χ3n) is 2.62. The third kappa shape index (κ3) is 3.51. The second-order valence-corrected chi connectivity index (χ2v) is 4.18. The molecule has 1 atom stereocenters. The summed E-state index contributed by atoms with van der Waals surface area (Å²) in [6, 6.07) is 5.13. The topological polar surface area (TPSA) is 96.6 Å². The molecule has 0 fully saturated rings. The van der Waals surface area contributed by atoms with Crippen LogP contribution in [0, 0.1) is 5.82 Å². The van der Waals surface area contributed by atoms with Crippen molar-refractivity contribution in [3.63, 3.8) is 0 Å². The van der Waals surface area contributed by atoms with Gasteiger partial charge in [0, 0.05) is 6.42 Å². The SMILES string of the molecule is NC(=O)CC1N=C(Cc2ccc(F)cc2)NNC1=O. The lowest BCUT2D eigenvalue weighted by molar-refractivity contribution is -0.127. The number of aliphatic imine (C=N–C) groups is 1. The first-order chi connectivity index (χ1) is 9.04. The molecule has 7 heteroatoms. The number of benzene rings is 1. The number of hydrogen-bond acceptors (Lipinski definition) is 4. The van der Waals surface area contributed by atoms with Crippen LogP contribution < -0.4 is 16.6 Å². The molecule has 0 spiro atoms. The third-order valence-corrected chi connectivity index (χ3v) is 2.62. The van der Waals surface area contributed by atoms with E-state index in [0.29, 0.717) is 12.3 Å². The highest BCUT2D eigenvalue weighted by Crippen LogP contribution is 2.07. The second kappa shape index (κ2) is 5.47. The Balaban J connectivity index is 2.09. The van der Waals surface area contributed by atoms with Gasteiger partial charge in [-0.05, 0) is 17.7 Å². The average Bonchev–Trinajstić information content (AvgIpc) is 2.36. The molecule has 1 aromatic carbocycles. The lowest BCUT2D eigenvalue weighted by atomic mass is 10.1. The number of hydrazine groups is 1. The number of primary amides is 1. The summed E-state index contributed by atoms with van der Waals surface area (Å²) < 4.78 is 12.8. The first-order valence-corrected chi connectivity index (χ1v) is 5.70. The van der Waals surface area contributed by atoms with Gasteiger partial charge in [0.2, 0.25) is 5.91 Å². The minimum atomic E-state index is -0.811.